The van der Waals surface area contributed by atoms with Gasteiger partial charge in [0.15, 0.2) is 0 Å². The van der Waals surface area contributed by atoms with Gasteiger partial charge in [-0.05, 0) is 26.0 Å². The third-order valence-electron chi connectivity index (χ3n) is 2.05. The standard InChI is InChI=1S/C10H12N2S/c1-8-3-4-10(13-8)7-12-6-5-11-9(12)2/h3-6H,7H2,1-2H3. The summed E-state index contributed by atoms with van der Waals surface area (Å²) in [6.45, 7) is 5.11. The SMILES string of the molecule is Cc1ccc(Cn2ccnc2C)s1. The van der Waals surface area contributed by atoms with Gasteiger partial charge < -0.3 is 4.57 Å². The van der Waals surface area contributed by atoms with Crippen molar-refractivity contribution in [3.8, 4) is 0 Å². The Kier molecular flexibility index (Phi) is 2.19. The molecule has 0 aliphatic rings. The molecule has 0 saturated heterocycles. The average Bonchev–Trinajstić information content (AvgIpc) is 2.64. The summed E-state index contributed by atoms with van der Waals surface area (Å²) in [5.74, 6) is 1.08. The molecule has 0 saturated carbocycles. The Morgan fingerprint density at radius 2 is 2.23 bits per heavy atom. The number of nitrogens with zero attached hydrogens (tertiary/aromatic N) is 2. The van der Waals surface area contributed by atoms with Crippen molar-refractivity contribution in [2.45, 2.75) is 20.4 Å². The van der Waals surface area contributed by atoms with E-state index in [-0.39, 0.29) is 0 Å². The maximum atomic E-state index is 4.19. The van der Waals surface area contributed by atoms with Crippen molar-refractivity contribution in [1.29, 1.82) is 0 Å². The highest BCUT2D eigenvalue weighted by Crippen LogP contribution is 2.16. The quantitative estimate of drug-likeness (QED) is 0.715. The van der Waals surface area contributed by atoms with Crippen LogP contribution in [0, 0.1) is 13.8 Å². The zero-order valence-electron chi connectivity index (χ0n) is 7.82. The van der Waals surface area contributed by atoms with Gasteiger partial charge in [-0.1, -0.05) is 0 Å². The van der Waals surface area contributed by atoms with Crippen LogP contribution in [0.5, 0.6) is 0 Å². The van der Waals surface area contributed by atoms with Crippen LogP contribution in [0.2, 0.25) is 0 Å². The van der Waals surface area contributed by atoms with Gasteiger partial charge in [0.2, 0.25) is 0 Å². The molecule has 2 aromatic heterocycles. The van der Waals surface area contributed by atoms with Crippen molar-refractivity contribution in [2.75, 3.05) is 0 Å². The smallest absolute Gasteiger partial charge is 0.105 e. The van der Waals surface area contributed by atoms with Crippen LogP contribution in [0.25, 0.3) is 0 Å². The lowest BCUT2D eigenvalue weighted by molar-refractivity contribution is 0.772. The first-order chi connectivity index (χ1) is 6.25. The van der Waals surface area contributed by atoms with Crippen LogP contribution in [0.1, 0.15) is 15.6 Å². The van der Waals surface area contributed by atoms with Crippen LogP contribution in [-0.4, -0.2) is 9.55 Å². The van der Waals surface area contributed by atoms with Crippen molar-refractivity contribution in [1.82, 2.24) is 9.55 Å². The molecule has 0 aromatic carbocycles. The molecule has 0 spiro atoms. The second-order valence-electron chi connectivity index (χ2n) is 3.11. The summed E-state index contributed by atoms with van der Waals surface area (Å²) in [7, 11) is 0. The second-order valence-corrected chi connectivity index (χ2v) is 4.49. The highest BCUT2D eigenvalue weighted by molar-refractivity contribution is 7.11. The predicted molar refractivity (Wildman–Crippen MR) is 55.1 cm³/mol. The summed E-state index contributed by atoms with van der Waals surface area (Å²) in [5.41, 5.74) is 0. The molecule has 68 valence electrons. The fourth-order valence-corrected chi connectivity index (χ4v) is 2.20. The molecule has 0 bridgehead atoms. The molecule has 2 nitrogen and oxygen atoms in total. The van der Waals surface area contributed by atoms with Crippen LogP contribution >= 0.6 is 11.3 Å². The zero-order chi connectivity index (χ0) is 9.26. The number of aromatic nitrogens is 2. The Morgan fingerprint density at radius 1 is 1.38 bits per heavy atom. The molecule has 0 fully saturated rings. The van der Waals surface area contributed by atoms with Gasteiger partial charge in [-0.3, -0.25) is 0 Å². The summed E-state index contributed by atoms with van der Waals surface area (Å²) in [4.78, 5) is 6.94. The fourth-order valence-electron chi connectivity index (χ4n) is 1.31. The Hall–Kier alpha value is -1.09. The Balaban J connectivity index is 2.19. The van der Waals surface area contributed by atoms with Crippen LogP contribution < -0.4 is 0 Å². The van der Waals surface area contributed by atoms with E-state index in [0.717, 1.165) is 12.4 Å². The van der Waals surface area contributed by atoms with E-state index in [0.29, 0.717) is 0 Å². The molecule has 0 N–H and O–H groups in total. The Morgan fingerprint density at radius 3 is 2.77 bits per heavy atom. The van der Waals surface area contributed by atoms with Gasteiger partial charge in [0, 0.05) is 22.1 Å². The van der Waals surface area contributed by atoms with Crippen LogP contribution in [-0.2, 0) is 6.54 Å². The molecule has 3 heteroatoms. The van der Waals surface area contributed by atoms with Crippen molar-refractivity contribution in [3.63, 3.8) is 0 Å². The van der Waals surface area contributed by atoms with Gasteiger partial charge in [0.1, 0.15) is 5.82 Å². The molecule has 2 rings (SSSR count). The molecular formula is C10H12N2S. The molecule has 0 aliphatic heterocycles. The Bertz CT molecular complexity index is 400. The minimum atomic E-state index is 0.949. The maximum Gasteiger partial charge on any atom is 0.105 e. The van der Waals surface area contributed by atoms with E-state index < -0.39 is 0 Å². The van der Waals surface area contributed by atoms with E-state index in [1.807, 2.05) is 30.7 Å². The number of hydrogen-bond acceptors (Lipinski definition) is 2. The average molecular weight is 192 g/mol. The van der Waals surface area contributed by atoms with Gasteiger partial charge >= 0.3 is 0 Å². The molecule has 0 amide bonds. The molecule has 2 aromatic rings. The summed E-state index contributed by atoms with van der Waals surface area (Å²) < 4.78 is 2.16. The summed E-state index contributed by atoms with van der Waals surface area (Å²) in [6, 6.07) is 4.34. The van der Waals surface area contributed by atoms with Crippen molar-refractivity contribution < 1.29 is 0 Å². The first kappa shape index (κ1) is 8.51. The highest BCUT2D eigenvalue weighted by atomic mass is 32.1. The molecule has 2 heterocycles. The van der Waals surface area contributed by atoms with Gasteiger partial charge in [-0.15, -0.1) is 11.3 Å². The van der Waals surface area contributed by atoms with Crippen molar-refractivity contribution in [2.24, 2.45) is 0 Å². The molecule has 0 aliphatic carbocycles. The second kappa shape index (κ2) is 3.34. The van der Waals surface area contributed by atoms with E-state index in [1.54, 1.807) is 0 Å². The molecule has 0 radical (unpaired) electrons. The first-order valence-electron chi connectivity index (χ1n) is 4.29. The summed E-state index contributed by atoms with van der Waals surface area (Å²) in [6.07, 6.45) is 3.86. The molecule has 0 atom stereocenters. The van der Waals surface area contributed by atoms with Gasteiger partial charge in [-0.2, -0.15) is 0 Å². The van der Waals surface area contributed by atoms with E-state index in [1.165, 1.54) is 9.75 Å². The van der Waals surface area contributed by atoms with Gasteiger partial charge in [0.05, 0.1) is 6.54 Å². The van der Waals surface area contributed by atoms with E-state index in [2.05, 4.69) is 28.6 Å². The normalized spacial score (nSPS) is 10.6. The van der Waals surface area contributed by atoms with E-state index >= 15 is 0 Å². The Labute approximate surface area is 81.9 Å². The predicted octanol–water partition coefficient (Wildman–Crippen LogP) is 2.61. The fraction of sp³-hybridized carbons (Fsp3) is 0.300. The lowest BCUT2D eigenvalue weighted by Crippen LogP contribution is -1.98. The topological polar surface area (TPSA) is 17.8 Å². The first-order valence-corrected chi connectivity index (χ1v) is 5.10. The summed E-state index contributed by atoms with van der Waals surface area (Å²) >= 11 is 1.85. The largest absolute Gasteiger partial charge is 0.330 e. The van der Waals surface area contributed by atoms with Crippen LogP contribution in [0.15, 0.2) is 24.5 Å². The highest BCUT2D eigenvalue weighted by Gasteiger charge is 2.00. The zero-order valence-corrected chi connectivity index (χ0v) is 8.64. The number of aryl methyl sites for hydroxylation is 2. The number of thiophene rings is 1. The van der Waals surface area contributed by atoms with Gasteiger partial charge in [-0.25, -0.2) is 4.98 Å². The number of rotatable bonds is 2. The monoisotopic (exact) mass is 192 g/mol. The minimum Gasteiger partial charge on any atom is -0.330 e. The number of imidazole rings is 1. The van der Waals surface area contributed by atoms with E-state index in [4.69, 9.17) is 0 Å². The lowest BCUT2D eigenvalue weighted by atomic mass is 10.4. The number of hydrogen-bond donors (Lipinski definition) is 0. The molecular weight excluding hydrogens is 180 g/mol. The van der Waals surface area contributed by atoms with Crippen molar-refractivity contribution in [3.05, 3.63) is 40.1 Å². The van der Waals surface area contributed by atoms with E-state index in [9.17, 15) is 0 Å². The summed E-state index contributed by atoms with van der Waals surface area (Å²) in [5, 5.41) is 0. The van der Waals surface area contributed by atoms with Gasteiger partial charge in [0.25, 0.3) is 0 Å². The molecule has 0 unspecified atom stereocenters. The maximum absolute atomic E-state index is 4.19. The third kappa shape index (κ3) is 1.80. The van der Waals surface area contributed by atoms with Crippen LogP contribution in [0.3, 0.4) is 0 Å². The lowest BCUT2D eigenvalue weighted by Gasteiger charge is -2.01. The minimum absolute atomic E-state index is 0.949. The van der Waals surface area contributed by atoms with Crippen molar-refractivity contribution >= 4 is 11.3 Å². The molecule has 13 heavy (non-hydrogen) atoms. The third-order valence-corrected chi connectivity index (χ3v) is 3.03. The van der Waals surface area contributed by atoms with Crippen LogP contribution in [0.4, 0.5) is 0 Å².